The summed E-state index contributed by atoms with van der Waals surface area (Å²) in [4.78, 5) is 22.8. The molecule has 0 amide bonds. The van der Waals surface area contributed by atoms with Gasteiger partial charge in [-0.25, -0.2) is 9.59 Å². The average Bonchev–Trinajstić information content (AvgIpc) is 2.58. The molecular weight excluding hydrogens is 312 g/mol. The van der Waals surface area contributed by atoms with E-state index in [0.717, 1.165) is 51.0 Å². The molecule has 0 radical (unpaired) electrons. The first-order chi connectivity index (χ1) is 11.7. The molecule has 0 spiro atoms. The Labute approximate surface area is 145 Å². The van der Waals surface area contributed by atoms with Gasteiger partial charge in [-0.2, -0.15) is 0 Å². The molecule has 6 nitrogen and oxygen atoms in total. The highest BCUT2D eigenvalue weighted by Gasteiger charge is 2.01. The highest BCUT2D eigenvalue weighted by molar-refractivity contribution is 5.91. The molecule has 24 heavy (non-hydrogen) atoms. The van der Waals surface area contributed by atoms with Crippen LogP contribution in [0.4, 0.5) is 0 Å². The van der Waals surface area contributed by atoms with Gasteiger partial charge in [-0.15, -0.1) is 0 Å². The van der Waals surface area contributed by atoms with E-state index >= 15 is 0 Å². The van der Waals surface area contributed by atoms with Gasteiger partial charge < -0.3 is 18.9 Å². The largest absolute Gasteiger partial charge is 0.462 e. The quantitative estimate of drug-likeness (QED) is 0.243. The molecule has 0 unspecified atom stereocenters. The summed E-state index contributed by atoms with van der Waals surface area (Å²) in [5, 5.41) is 0. The van der Waals surface area contributed by atoms with Crippen LogP contribution in [0.3, 0.4) is 0 Å². The maximum Gasteiger partial charge on any atom is 0.331 e. The lowest BCUT2D eigenvalue weighted by Crippen LogP contribution is -2.08. The van der Waals surface area contributed by atoms with Gasteiger partial charge in [0.05, 0.1) is 13.2 Å². The lowest BCUT2D eigenvalue weighted by Gasteiger charge is -2.04. The van der Waals surface area contributed by atoms with E-state index in [4.69, 9.17) is 18.9 Å². The summed E-state index contributed by atoms with van der Waals surface area (Å²) in [6.45, 7) is 7.37. The maximum atomic E-state index is 11.4. The van der Waals surface area contributed by atoms with E-state index in [0.29, 0.717) is 26.1 Å². The standard InChI is InChI=1S/C18H32O6/c1-3-5-11-21-13-7-15-23-17(19)9-10-18(20)24-16-8-14-22-12-6-4-2/h9-10H,3-8,11-16H2,1-2H3/b10-9+. The van der Waals surface area contributed by atoms with Gasteiger partial charge in [0.25, 0.3) is 0 Å². The first-order valence-electron chi connectivity index (χ1n) is 8.87. The van der Waals surface area contributed by atoms with Crippen LogP contribution in [0.25, 0.3) is 0 Å². The van der Waals surface area contributed by atoms with Crippen molar-refractivity contribution < 1.29 is 28.5 Å². The lowest BCUT2D eigenvalue weighted by molar-refractivity contribution is -0.140. The van der Waals surface area contributed by atoms with Gasteiger partial charge in [0.2, 0.25) is 0 Å². The minimum atomic E-state index is -0.552. The fourth-order valence-electron chi connectivity index (χ4n) is 1.60. The Morgan fingerprint density at radius 1 is 0.625 bits per heavy atom. The Kier molecular flexibility index (Phi) is 16.9. The van der Waals surface area contributed by atoms with Crippen LogP contribution in [0.1, 0.15) is 52.4 Å². The van der Waals surface area contributed by atoms with E-state index in [1.54, 1.807) is 0 Å². The van der Waals surface area contributed by atoms with Crippen molar-refractivity contribution in [2.24, 2.45) is 0 Å². The molecule has 0 aliphatic rings. The molecule has 0 bridgehead atoms. The highest BCUT2D eigenvalue weighted by atomic mass is 16.5. The lowest BCUT2D eigenvalue weighted by atomic mass is 10.4. The minimum Gasteiger partial charge on any atom is -0.462 e. The molecule has 0 saturated carbocycles. The molecule has 0 aromatic heterocycles. The Morgan fingerprint density at radius 2 is 1.00 bits per heavy atom. The van der Waals surface area contributed by atoms with Crippen molar-refractivity contribution >= 4 is 11.9 Å². The van der Waals surface area contributed by atoms with Crippen molar-refractivity contribution in [2.75, 3.05) is 39.6 Å². The fraction of sp³-hybridized carbons (Fsp3) is 0.778. The molecule has 0 heterocycles. The molecule has 0 aromatic rings. The van der Waals surface area contributed by atoms with E-state index in [2.05, 4.69) is 13.8 Å². The summed E-state index contributed by atoms with van der Waals surface area (Å²) >= 11 is 0. The Morgan fingerprint density at radius 3 is 1.38 bits per heavy atom. The van der Waals surface area contributed by atoms with Crippen LogP contribution in [-0.4, -0.2) is 51.6 Å². The van der Waals surface area contributed by atoms with E-state index in [-0.39, 0.29) is 13.2 Å². The third-order valence-corrected chi connectivity index (χ3v) is 2.99. The predicted molar refractivity (Wildman–Crippen MR) is 91.7 cm³/mol. The summed E-state index contributed by atoms with van der Waals surface area (Å²) < 4.78 is 20.6. The van der Waals surface area contributed by atoms with Crippen LogP contribution in [0.15, 0.2) is 12.2 Å². The molecule has 0 atom stereocenters. The second-order valence-electron chi connectivity index (χ2n) is 5.31. The summed E-state index contributed by atoms with van der Waals surface area (Å²) in [5.41, 5.74) is 0. The van der Waals surface area contributed by atoms with E-state index in [9.17, 15) is 9.59 Å². The molecule has 140 valence electrons. The molecule has 6 heteroatoms. The molecule has 0 rings (SSSR count). The van der Waals surface area contributed by atoms with Crippen molar-refractivity contribution in [1.29, 1.82) is 0 Å². The molecule has 0 aliphatic heterocycles. The SMILES string of the molecule is CCCCOCCCOC(=O)/C=C/C(=O)OCCCOCCCC. The van der Waals surface area contributed by atoms with E-state index < -0.39 is 11.9 Å². The van der Waals surface area contributed by atoms with Crippen molar-refractivity contribution in [1.82, 2.24) is 0 Å². The van der Waals surface area contributed by atoms with Crippen molar-refractivity contribution in [2.45, 2.75) is 52.4 Å². The van der Waals surface area contributed by atoms with Crippen LogP contribution in [0, 0.1) is 0 Å². The number of hydrogen-bond acceptors (Lipinski definition) is 6. The average molecular weight is 344 g/mol. The van der Waals surface area contributed by atoms with Crippen LogP contribution in [0.5, 0.6) is 0 Å². The van der Waals surface area contributed by atoms with Crippen molar-refractivity contribution in [3.05, 3.63) is 12.2 Å². The van der Waals surface area contributed by atoms with Gasteiger partial charge in [-0.1, -0.05) is 26.7 Å². The summed E-state index contributed by atoms with van der Waals surface area (Å²) in [6.07, 6.45) is 7.72. The number of carbonyl (C=O) groups excluding carboxylic acids is 2. The fourth-order valence-corrected chi connectivity index (χ4v) is 1.60. The molecule has 0 N–H and O–H groups in total. The van der Waals surface area contributed by atoms with E-state index in [1.807, 2.05) is 0 Å². The normalized spacial score (nSPS) is 10.9. The predicted octanol–water partition coefficient (Wildman–Crippen LogP) is 3.04. The second-order valence-corrected chi connectivity index (χ2v) is 5.31. The number of hydrogen-bond donors (Lipinski definition) is 0. The smallest absolute Gasteiger partial charge is 0.331 e. The van der Waals surface area contributed by atoms with Crippen LogP contribution in [0.2, 0.25) is 0 Å². The number of rotatable bonds is 16. The number of unbranched alkanes of at least 4 members (excludes halogenated alkanes) is 2. The molecule has 0 aromatic carbocycles. The first kappa shape index (κ1) is 22.6. The van der Waals surface area contributed by atoms with Gasteiger partial charge in [0, 0.05) is 51.4 Å². The molecule has 0 fully saturated rings. The van der Waals surface area contributed by atoms with Gasteiger partial charge >= 0.3 is 11.9 Å². The molecular formula is C18H32O6. The number of esters is 2. The zero-order valence-corrected chi connectivity index (χ0v) is 15.1. The Balaban J connectivity index is 3.48. The zero-order valence-electron chi connectivity index (χ0n) is 15.1. The summed E-state index contributed by atoms with van der Waals surface area (Å²) in [7, 11) is 0. The van der Waals surface area contributed by atoms with Crippen molar-refractivity contribution in [3.63, 3.8) is 0 Å². The van der Waals surface area contributed by atoms with E-state index in [1.165, 1.54) is 0 Å². The second kappa shape index (κ2) is 17.9. The summed E-state index contributed by atoms with van der Waals surface area (Å²) in [6, 6.07) is 0. The minimum absolute atomic E-state index is 0.277. The Hall–Kier alpha value is -1.40. The van der Waals surface area contributed by atoms with Crippen LogP contribution < -0.4 is 0 Å². The van der Waals surface area contributed by atoms with Crippen LogP contribution in [-0.2, 0) is 28.5 Å². The molecule has 0 saturated heterocycles. The highest BCUT2D eigenvalue weighted by Crippen LogP contribution is 1.93. The monoisotopic (exact) mass is 344 g/mol. The number of carbonyl (C=O) groups is 2. The van der Waals surface area contributed by atoms with Gasteiger partial charge in [0.1, 0.15) is 0 Å². The third kappa shape index (κ3) is 17.0. The molecule has 0 aliphatic carbocycles. The topological polar surface area (TPSA) is 71.1 Å². The van der Waals surface area contributed by atoms with Crippen LogP contribution >= 0.6 is 0 Å². The van der Waals surface area contributed by atoms with Gasteiger partial charge in [-0.3, -0.25) is 0 Å². The number of ether oxygens (including phenoxy) is 4. The van der Waals surface area contributed by atoms with Gasteiger partial charge in [-0.05, 0) is 12.8 Å². The summed E-state index contributed by atoms with van der Waals surface area (Å²) in [5.74, 6) is -1.10. The maximum absolute atomic E-state index is 11.4. The Bertz CT molecular complexity index is 308. The van der Waals surface area contributed by atoms with Crippen molar-refractivity contribution in [3.8, 4) is 0 Å². The third-order valence-electron chi connectivity index (χ3n) is 2.99. The van der Waals surface area contributed by atoms with Gasteiger partial charge in [0.15, 0.2) is 0 Å². The first-order valence-corrected chi connectivity index (χ1v) is 8.87. The zero-order chi connectivity index (χ0) is 17.9.